The van der Waals surface area contributed by atoms with E-state index in [0.717, 1.165) is 24.8 Å². The van der Waals surface area contributed by atoms with E-state index in [1.165, 1.54) is 17.5 Å². The highest BCUT2D eigenvalue weighted by atomic mass is 19.4. The van der Waals surface area contributed by atoms with Gasteiger partial charge in [0.2, 0.25) is 5.78 Å². The molecule has 4 heteroatoms. The van der Waals surface area contributed by atoms with Gasteiger partial charge < -0.3 is 0 Å². The Labute approximate surface area is 104 Å². The molecule has 1 nitrogen and oxygen atoms in total. The first kappa shape index (κ1) is 13.1. The predicted molar refractivity (Wildman–Crippen MR) is 62.5 cm³/mol. The number of Topliss-reactive ketones (excluding diaryl/α,β-unsaturated/α-hetero) is 1. The maximum Gasteiger partial charge on any atom is 0.449 e. The zero-order valence-electron chi connectivity index (χ0n) is 10.0. The Morgan fingerprint density at radius 1 is 1.11 bits per heavy atom. The lowest BCUT2D eigenvalue weighted by molar-refractivity contribution is -0.171. The van der Waals surface area contributed by atoms with Crippen LogP contribution in [0.3, 0.4) is 0 Å². The van der Waals surface area contributed by atoms with Gasteiger partial charge in [0, 0.05) is 6.42 Å². The third-order valence-electron chi connectivity index (χ3n) is 3.37. The van der Waals surface area contributed by atoms with Gasteiger partial charge in [0.1, 0.15) is 0 Å². The molecule has 98 valence electrons. The molecule has 0 heterocycles. The Bertz CT molecular complexity index is 449. The van der Waals surface area contributed by atoms with E-state index >= 15 is 0 Å². The fourth-order valence-electron chi connectivity index (χ4n) is 2.34. The molecule has 2 rings (SSSR count). The molecule has 0 atom stereocenters. The number of ketones is 1. The van der Waals surface area contributed by atoms with Gasteiger partial charge in [-0.3, -0.25) is 4.79 Å². The maximum absolute atomic E-state index is 12.1. The summed E-state index contributed by atoms with van der Waals surface area (Å²) in [7, 11) is 0. The van der Waals surface area contributed by atoms with Crippen molar-refractivity contribution in [3.8, 4) is 0 Å². The van der Waals surface area contributed by atoms with E-state index in [2.05, 4.69) is 0 Å². The van der Waals surface area contributed by atoms with Crippen molar-refractivity contribution < 1.29 is 18.0 Å². The molecular weight excluding hydrogens is 241 g/mol. The number of carbonyl (C=O) groups is 1. The minimum atomic E-state index is -4.70. The monoisotopic (exact) mass is 256 g/mol. The van der Waals surface area contributed by atoms with Crippen molar-refractivity contribution in [3.63, 3.8) is 0 Å². The van der Waals surface area contributed by atoms with Crippen LogP contribution in [-0.4, -0.2) is 12.0 Å². The van der Waals surface area contributed by atoms with Gasteiger partial charge in [0.05, 0.1) is 0 Å². The minimum Gasteiger partial charge on any atom is -0.290 e. The molecule has 0 aromatic heterocycles. The summed E-state index contributed by atoms with van der Waals surface area (Å²) in [5.74, 6) is -1.64. The number of fused-ring (bicyclic) bond motifs is 1. The zero-order valence-corrected chi connectivity index (χ0v) is 10.0. The smallest absolute Gasteiger partial charge is 0.290 e. The highest BCUT2D eigenvalue weighted by molar-refractivity contribution is 5.84. The number of halogens is 3. The van der Waals surface area contributed by atoms with E-state index in [0.29, 0.717) is 0 Å². The molecule has 0 radical (unpaired) electrons. The summed E-state index contributed by atoms with van der Waals surface area (Å²) in [6.07, 6.45) is -0.619. The van der Waals surface area contributed by atoms with Crippen LogP contribution in [0.25, 0.3) is 0 Å². The number of hydrogen-bond donors (Lipinski definition) is 0. The van der Waals surface area contributed by atoms with Gasteiger partial charge in [-0.1, -0.05) is 18.2 Å². The summed E-state index contributed by atoms with van der Waals surface area (Å²) in [6.45, 7) is 0. The first-order valence-electron chi connectivity index (χ1n) is 6.17. The van der Waals surface area contributed by atoms with Crippen LogP contribution in [0.4, 0.5) is 13.2 Å². The molecule has 0 fully saturated rings. The topological polar surface area (TPSA) is 17.1 Å². The van der Waals surface area contributed by atoms with Crippen molar-refractivity contribution in [2.75, 3.05) is 0 Å². The molecule has 0 saturated carbocycles. The average Bonchev–Trinajstić information content (AvgIpc) is 2.34. The van der Waals surface area contributed by atoms with E-state index in [9.17, 15) is 18.0 Å². The van der Waals surface area contributed by atoms with E-state index in [-0.39, 0.29) is 6.42 Å². The number of carbonyl (C=O) groups excluding carboxylic acids is 1. The van der Waals surface area contributed by atoms with Gasteiger partial charge in [-0.2, -0.15) is 13.2 Å². The maximum atomic E-state index is 12.1. The Balaban J connectivity index is 2.00. The number of aryl methyl sites for hydroxylation is 3. The fraction of sp³-hybridized carbons (Fsp3) is 0.500. The van der Waals surface area contributed by atoms with E-state index in [1.807, 2.05) is 18.2 Å². The van der Waals surface area contributed by atoms with Gasteiger partial charge in [-0.25, -0.2) is 0 Å². The molecule has 0 amide bonds. The van der Waals surface area contributed by atoms with Gasteiger partial charge in [0.25, 0.3) is 0 Å². The quantitative estimate of drug-likeness (QED) is 0.807. The standard InChI is InChI=1S/C14H15F3O/c15-14(16,17)13(18)8-6-10-5-7-11-3-1-2-4-12(11)9-10/h5,7,9H,1-4,6,8H2. The third-order valence-corrected chi connectivity index (χ3v) is 3.37. The molecule has 0 saturated heterocycles. The highest BCUT2D eigenvalue weighted by Crippen LogP contribution is 2.24. The van der Waals surface area contributed by atoms with Crippen LogP contribution in [0.1, 0.15) is 36.0 Å². The molecule has 0 spiro atoms. The summed E-state index contributed by atoms with van der Waals surface area (Å²) >= 11 is 0. The second-order valence-electron chi connectivity index (χ2n) is 4.73. The zero-order chi connectivity index (χ0) is 13.2. The fourth-order valence-corrected chi connectivity index (χ4v) is 2.34. The summed E-state index contributed by atoms with van der Waals surface area (Å²) in [4.78, 5) is 10.8. The predicted octanol–water partition coefficient (Wildman–Crippen LogP) is 3.63. The summed E-state index contributed by atoms with van der Waals surface area (Å²) in [5, 5.41) is 0. The van der Waals surface area contributed by atoms with Crippen molar-refractivity contribution in [1.29, 1.82) is 0 Å². The van der Waals surface area contributed by atoms with Crippen LogP contribution in [0.2, 0.25) is 0 Å². The molecule has 0 unspecified atom stereocenters. The molecule has 0 N–H and O–H groups in total. The molecule has 1 aliphatic carbocycles. The van der Waals surface area contributed by atoms with Gasteiger partial charge in [-0.15, -0.1) is 0 Å². The largest absolute Gasteiger partial charge is 0.449 e. The minimum absolute atomic E-state index is 0.172. The third kappa shape index (κ3) is 3.12. The molecule has 1 aromatic rings. The van der Waals surface area contributed by atoms with Crippen molar-refractivity contribution >= 4 is 5.78 Å². The Kier molecular flexibility index (Phi) is 3.73. The van der Waals surface area contributed by atoms with Crippen molar-refractivity contribution in [1.82, 2.24) is 0 Å². The van der Waals surface area contributed by atoms with Crippen LogP contribution in [-0.2, 0) is 24.1 Å². The second kappa shape index (κ2) is 5.12. The Morgan fingerprint density at radius 3 is 2.44 bits per heavy atom. The second-order valence-corrected chi connectivity index (χ2v) is 4.73. The Hall–Kier alpha value is -1.32. The van der Waals surface area contributed by atoms with Crippen LogP contribution in [0, 0.1) is 0 Å². The number of benzene rings is 1. The van der Waals surface area contributed by atoms with Gasteiger partial charge in [0.15, 0.2) is 0 Å². The highest BCUT2D eigenvalue weighted by Gasteiger charge is 2.37. The summed E-state index contributed by atoms with van der Waals surface area (Å²) in [6, 6.07) is 5.79. The van der Waals surface area contributed by atoms with E-state index in [4.69, 9.17) is 0 Å². The molecule has 18 heavy (non-hydrogen) atoms. The Morgan fingerprint density at radius 2 is 1.78 bits per heavy atom. The molecule has 0 aliphatic heterocycles. The van der Waals surface area contributed by atoms with Gasteiger partial charge >= 0.3 is 6.18 Å². The van der Waals surface area contributed by atoms with Crippen LogP contribution < -0.4 is 0 Å². The van der Waals surface area contributed by atoms with E-state index in [1.54, 1.807) is 0 Å². The molecule has 1 aliphatic rings. The van der Waals surface area contributed by atoms with Gasteiger partial charge in [-0.05, 0) is 48.8 Å². The number of rotatable bonds is 3. The average molecular weight is 256 g/mol. The normalized spacial score (nSPS) is 15.3. The van der Waals surface area contributed by atoms with Crippen LogP contribution >= 0.6 is 0 Å². The number of hydrogen-bond acceptors (Lipinski definition) is 1. The summed E-state index contributed by atoms with van der Waals surface area (Å²) < 4.78 is 36.2. The first-order chi connectivity index (χ1) is 8.47. The van der Waals surface area contributed by atoms with E-state index < -0.39 is 18.4 Å². The molecular formula is C14H15F3O. The lowest BCUT2D eigenvalue weighted by atomic mass is 9.89. The van der Waals surface area contributed by atoms with Crippen LogP contribution in [0.15, 0.2) is 18.2 Å². The van der Waals surface area contributed by atoms with Crippen LogP contribution in [0.5, 0.6) is 0 Å². The molecule has 1 aromatic carbocycles. The first-order valence-corrected chi connectivity index (χ1v) is 6.17. The van der Waals surface area contributed by atoms with Crippen molar-refractivity contribution in [3.05, 3.63) is 34.9 Å². The lowest BCUT2D eigenvalue weighted by Gasteiger charge is -2.16. The van der Waals surface area contributed by atoms with Crippen molar-refractivity contribution in [2.24, 2.45) is 0 Å². The summed E-state index contributed by atoms with van der Waals surface area (Å²) in [5.41, 5.74) is 3.36. The van der Waals surface area contributed by atoms with Crippen molar-refractivity contribution in [2.45, 2.75) is 44.7 Å². The SMILES string of the molecule is O=C(CCc1ccc2c(c1)CCCC2)C(F)(F)F. The lowest BCUT2D eigenvalue weighted by Crippen LogP contribution is -2.22. The molecule has 0 bridgehead atoms. The number of alkyl halides is 3.